The summed E-state index contributed by atoms with van der Waals surface area (Å²) in [6.07, 6.45) is 0.527. The van der Waals surface area contributed by atoms with E-state index in [9.17, 15) is 14.7 Å². The van der Waals surface area contributed by atoms with Crippen molar-refractivity contribution in [1.29, 1.82) is 0 Å². The van der Waals surface area contributed by atoms with Gasteiger partial charge in [-0.1, -0.05) is 32.0 Å². The number of hydrogen-bond donors (Lipinski definition) is 3. The molecular weight excluding hydrogens is 308 g/mol. The van der Waals surface area contributed by atoms with Crippen molar-refractivity contribution in [2.75, 3.05) is 6.54 Å². The number of carbonyl (C=O) groups is 2. The molecule has 6 heteroatoms. The number of nitrogens with one attached hydrogen (secondary N) is 2. The Morgan fingerprint density at radius 1 is 1.12 bits per heavy atom. The van der Waals surface area contributed by atoms with Gasteiger partial charge in [-0.15, -0.1) is 0 Å². The molecule has 1 aromatic heterocycles. The SMILES string of the molecule is CC(C)C(NC(=O)c1ccccc1)C(=O)NCC(O)c1ccco1. The van der Waals surface area contributed by atoms with E-state index in [4.69, 9.17) is 4.42 Å². The molecule has 3 N–H and O–H groups in total. The summed E-state index contributed by atoms with van der Waals surface area (Å²) in [5, 5.41) is 15.3. The molecule has 0 radical (unpaired) electrons. The zero-order valence-corrected chi connectivity index (χ0v) is 13.7. The summed E-state index contributed by atoms with van der Waals surface area (Å²) < 4.78 is 5.09. The molecule has 2 atom stereocenters. The Morgan fingerprint density at radius 2 is 1.83 bits per heavy atom. The van der Waals surface area contributed by atoms with Crippen molar-refractivity contribution in [3.05, 3.63) is 60.1 Å². The fourth-order valence-electron chi connectivity index (χ4n) is 2.24. The fourth-order valence-corrected chi connectivity index (χ4v) is 2.24. The van der Waals surface area contributed by atoms with Crippen molar-refractivity contribution in [2.24, 2.45) is 5.92 Å². The standard InChI is InChI=1S/C18H22N2O4/c1-12(2)16(20-17(22)13-7-4-3-5-8-13)18(23)19-11-14(21)15-9-6-10-24-15/h3-10,12,14,16,21H,11H2,1-2H3,(H,19,23)(H,20,22). The fraction of sp³-hybridized carbons (Fsp3) is 0.333. The van der Waals surface area contributed by atoms with Crippen LogP contribution in [-0.2, 0) is 4.79 Å². The van der Waals surface area contributed by atoms with Crippen LogP contribution >= 0.6 is 0 Å². The molecule has 2 unspecified atom stereocenters. The largest absolute Gasteiger partial charge is 0.467 e. The van der Waals surface area contributed by atoms with Crippen molar-refractivity contribution < 1.29 is 19.1 Å². The topological polar surface area (TPSA) is 91.6 Å². The molecule has 0 fully saturated rings. The number of aliphatic hydroxyl groups is 1. The summed E-state index contributed by atoms with van der Waals surface area (Å²) in [5.41, 5.74) is 0.492. The van der Waals surface area contributed by atoms with E-state index in [1.807, 2.05) is 19.9 Å². The lowest BCUT2D eigenvalue weighted by atomic mass is 10.0. The van der Waals surface area contributed by atoms with Crippen LogP contribution in [0.2, 0.25) is 0 Å². The first-order valence-corrected chi connectivity index (χ1v) is 7.84. The van der Waals surface area contributed by atoms with Crippen LogP contribution in [0.3, 0.4) is 0 Å². The van der Waals surface area contributed by atoms with Crippen molar-refractivity contribution in [1.82, 2.24) is 10.6 Å². The Bertz CT molecular complexity index is 653. The van der Waals surface area contributed by atoms with Gasteiger partial charge in [0, 0.05) is 5.56 Å². The minimum absolute atomic E-state index is 0.0107. The van der Waals surface area contributed by atoms with E-state index in [1.165, 1.54) is 6.26 Å². The molecule has 1 aromatic carbocycles. The Labute approximate surface area is 140 Å². The quantitative estimate of drug-likeness (QED) is 0.723. The van der Waals surface area contributed by atoms with Gasteiger partial charge < -0.3 is 20.2 Å². The number of amides is 2. The second kappa shape index (κ2) is 8.31. The van der Waals surface area contributed by atoms with Crippen LogP contribution < -0.4 is 10.6 Å². The van der Waals surface area contributed by atoms with Gasteiger partial charge in [0.1, 0.15) is 17.9 Å². The lowest BCUT2D eigenvalue weighted by molar-refractivity contribution is -0.124. The number of furan rings is 1. The molecule has 0 spiro atoms. The van der Waals surface area contributed by atoms with Gasteiger partial charge in [0.2, 0.25) is 5.91 Å². The molecule has 24 heavy (non-hydrogen) atoms. The van der Waals surface area contributed by atoms with E-state index in [0.717, 1.165) is 0 Å². The van der Waals surface area contributed by atoms with Gasteiger partial charge >= 0.3 is 0 Å². The molecule has 0 saturated carbocycles. The Morgan fingerprint density at radius 3 is 2.42 bits per heavy atom. The van der Waals surface area contributed by atoms with Gasteiger partial charge in [-0.05, 0) is 30.2 Å². The van der Waals surface area contributed by atoms with E-state index in [-0.39, 0.29) is 24.3 Å². The van der Waals surface area contributed by atoms with Crippen LogP contribution in [0.1, 0.15) is 36.1 Å². The van der Waals surface area contributed by atoms with Crippen LogP contribution in [0.15, 0.2) is 53.1 Å². The van der Waals surface area contributed by atoms with Crippen molar-refractivity contribution in [3.8, 4) is 0 Å². The average molecular weight is 330 g/mol. The Kier molecular flexibility index (Phi) is 6.14. The zero-order chi connectivity index (χ0) is 17.5. The molecule has 6 nitrogen and oxygen atoms in total. The normalized spacial score (nSPS) is 13.3. The summed E-state index contributed by atoms with van der Waals surface area (Å²) in [6, 6.07) is 11.3. The molecule has 1 heterocycles. The van der Waals surface area contributed by atoms with Crippen molar-refractivity contribution >= 4 is 11.8 Å². The summed E-state index contributed by atoms with van der Waals surface area (Å²) in [5.74, 6) is -0.376. The molecule has 0 bridgehead atoms. The summed E-state index contributed by atoms with van der Waals surface area (Å²) in [6.45, 7) is 3.70. The zero-order valence-electron chi connectivity index (χ0n) is 13.7. The highest BCUT2D eigenvalue weighted by Gasteiger charge is 2.25. The van der Waals surface area contributed by atoms with E-state index in [0.29, 0.717) is 11.3 Å². The first kappa shape index (κ1) is 17.7. The summed E-state index contributed by atoms with van der Waals surface area (Å²) in [4.78, 5) is 24.6. The Balaban J connectivity index is 1.94. The summed E-state index contributed by atoms with van der Waals surface area (Å²) >= 11 is 0. The lowest BCUT2D eigenvalue weighted by Crippen LogP contribution is -2.50. The maximum Gasteiger partial charge on any atom is 0.251 e. The first-order valence-electron chi connectivity index (χ1n) is 7.84. The third-order valence-electron chi connectivity index (χ3n) is 3.61. The van der Waals surface area contributed by atoms with Crippen LogP contribution in [-0.4, -0.2) is 29.5 Å². The minimum Gasteiger partial charge on any atom is -0.467 e. The highest BCUT2D eigenvalue weighted by molar-refractivity contribution is 5.97. The van der Waals surface area contributed by atoms with E-state index in [2.05, 4.69) is 10.6 Å². The summed E-state index contributed by atoms with van der Waals surface area (Å²) in [7, 11) is 0. The van der Waals surface area contributed by atoms with Gasteiger partial charge in [0.15, 0.2) is 0 Å². The number of hydrogen-bond acceptors (Lipinski definition) is 4. The van der Waals surface area contributed by atoms with Crippen LogP contribution in [0.5, 0.6) is 0 Å². The molecule has 0 saturated heterocycles. The maximum atomic E-state index is 12.4. The number of benzene rings is 1. The predicted molar refractivity (Wildman–Crippen MR) is 89.2 cm³/mol. The van der Waals surface area contributed by atoms with E-state index in [1.54, 1.807) is 36.4 Å². The smallest absolute Gasteiger partial charge is 0.251 e. The molecule has 128 valence electrons. The molecule has 0 aliphatic rings. The number of carbonyl (C=O) groups excluding carboxylic acids is 2. The van der Waals surface area contributed by atoms with E-state index >= 15 is 0 Å². The number of aliphatic hydroxyl groups excluding tert-OH is 1. The van der Waals surface area contributed by atoms with E-state index < -0.39 is 12.1 Å². The van der Waals surface area contributed by atoms with Crippen molar-refractivity contribution in [2.45, 2.75) is 26.0 Å². The van der Waals surface area contributed by atoms with Crippen molar-refractivity contribution in [3.63, 3.8) is 0 Å². The molecule has 2 rings (SSSR count). The van der Waals surface area contributed by atoms with Crippen LogP contribution in [0.4, 0.5) is 0 Å². The van der Waals surface area contributed by atoms with Crippen LogP contribution in [0, 0.1) is 5.92 Å². The Hall–Kier alpha value is -2.60. The second-order valence-electron chi connectivity index (χ2n) is 5.84. The third kappa shape index (κ3) is 4.70. The second-order valence-corrected chi connectivity index (χ2v) is 5.84. The van der Waals surface area contributed by atoms with Gasteiger partial charge in [0.05, 0.1) is 12.8 Å². The van der Waals surface area contributed by atoms with Gasteiger partial charge in [-0.25, -0.2) is 0 Å². The van der Waals surface area contributed by atoms with Crippen LogP contribution in [0.25, 0.3) is 0 Å². The van der Waals surface area contributed by atoms with Gasteiger partial charge in [0.25, 0.3) is 5.91 Å². The highest BCUT2D eigenvalue weighted by Crippen LogP contribution is 2.12. The molecule has 2 amide bonds. The van der Waals surface area contributed by atoms with Gasteiger partial charge in [-0.2, -0.15) is 0 Å². The average Bonchev–Trinajstić information content (AvgIpc) is 3.12. The third-order valence-corrected chi connectivity index (χ3v) is 3.61. The lowest BCUT2D eigenvalue weighted by Gasteiger charge is -2.22. The monoisotopic (exact) mass is 330 g/mol. The first-order chi connectivity index (χ1) is 11.5. The maximum absolute atomic E-state index is 12.4. The molecule has 0 aliphatic carbocycles. The molecule has 2 aromatic rings. The predicted octanol–water partition coefficient (Wildman–Crippen LogP) is 1.88. The van der Waals surface area contributed by atoms with Gasteiger partial charge in [-0.3, -0.25) is 9.59 Å². The minimum atomic E-state index is -0.929. The number of rotatable bonds is 7. The highest BCUT2D eigenvalue weighted by atomic mass is 16.4. The molecule has 0 aliphatic heterocycles. The molecular formula is C18H22N2O4.